The fourth-order valence-corrected chi connectivity index (χ4v) is 3.61. The Labute approximate surface area is 216 Å². The van der Waals surface area contributed by atoms with Crippen LogP contribution in [0.1, 0.15) is 5.56 Å². The van der Waals surface area contributed by atoms with Gasteiger partial charge >= 0.3 is 6.03 Å². The van der Waals surface area contributed by atoms with Crippen LogP contribution in [-0.2, 0) is 14.4 Å². The van der Waals surface area contributed by atoms with Crippen molar-refractivity contribution in [3.05, 3.63) is 82.9 Å². The summed E-state index contributed by atoms with van der Waals surface area (Å²) in [6.07, 6.45) is 1.22. The van der Waals surface area contributed by atoms with Crippen LogP contribution in [0.25, 0.3) is 6.08 Å². The van der Waals surface area contributed by atoms with Crippen LogP contribution < -0.4 is 25.0 Å². The number of nitrogens with one attached hydrogen (secondary N) is 2. The van der Waals surface area contributed by atoms with E-state index in [1.165, 1.54) is 55.7 Å². The Morgan fingerprint density at radius 3 is 2.43 bits per heavy atom. The van der Waals surface area contributed by atoms with Crippen LogP contribution >= 0.6 is 11.6 Å². The second kappa shape index (κ2) is 10.8. The number of urea groups is 1. The first-order valence-corrected chi connectivity index (χ1v) is 11.2. The molecule has 1 heterocycles. The smallest absolute Gasteiger partial charge is 0.335 e. The number of aromatic hydroxyl groups is 1. The van der Waals surface area contributed by atoms with Gasteiger partial charge in [0.25, 0.3) is 17.7 Å². The van der Waals surface area contributed by atoms with Gasteiger partial charge in [-0.05, 0) is 72.8 Å². The maximum atomic E-state index is 13.1. The lowest BCUT2D eigenvalue weighted by Crippen LogP contribution is -2.54. The van der Waals surface area contributed by atoms with Crippen molar-refractivity contribution >= 4 is 52.8 Å². The van der Waals surface area contributed by atoms with Crippen molar-refractivity contribution < 1.29 is 33.8 Å². The van der Waals surface area contributed by atoms with Gasteiger partial charge in [-0.1, -0.05) is 11.6 Å². The van der Waals surface area contributed by atoms with Crippen molar-refractivity contribution in [3.63, 3.8) is 0 Å². The molecule has 0 spiro atoms. The van der Waals surface area contributed by atoms with E-state index in [1.807, 2.05) is 0 Å². The number of carbonyl (C=O) groups is 4. The van der Waals surface area contributed by atoms with Crippen molar-refractivity contribution in [2.24, 2.45) is 0 Å². The van der Waals surface area contributed by atoms with E-state index in [4.69, 9.17) is 21.1 Å². The first-order chi connectivity index (χ1) is 17.7. The van der Waals surface area contributed by atoms with E-state index in [9.17, 15) is 24.3 Å². The van der Waals surface area contributed by atoms with E-state index in [2.05, 4.69) is 10.6 Å². The van der Waals surface area contributed by atoms with E-state index in [-0.39, 0.29) is 40.0 Å². The fraction of sp³-hybridized carbons (Fsp3) is 0.0769. The minimum Gasteiger partial charge on any atom is -0.508 e. The number of ether oxygens (including phenoxy) is 2. The van der Waals surface area contributed by atoms with Crippen LogP contribution in [0.2, 0.25) is 5.02 Å². The third-order valence-electron chi connectivity index (χ3n) is 5.21. The summed E-state index contributed by atoms with van der Waals surface area (Å²) in [5.74, 6) is -1.49. The van der Waals surface area contributed by atoms with Gasteiger partial charge in [0.1, 0.15) is 22.8 Å². The molecule has 1 aliphatic rings. The number of hydrogen-bond acceptors (Lipinski definition) is 7. The number of methoxy groups -OCH3 is 1. The van der Waals surface area contributed by atoms with Crippen LogP contribution in [0, 0.1) is 0 Å². The van der Waals surface area contributed by atoms with E-state index < -0.39 is 23.8 Å². The SMILES string of the molecule is COc1ccc(NC(=O)COc2ccc(Cl)cc2/C=C2/C(=O)NC(=O)N(c3ccc(O)cc3)C2=O)cc1. The number of phenolic OH excluding ortho intramolecular Hbond substituents is 1. The highest BCUT2D eigenvalue weighted by molar-refractivity contribution is 6.39. The predicted molar refractivity (Wildman–Crippen MR) is 136 cm³/mol. The van der Waals surface area contributed by atoms with Gasteiger partial charge in [0.05, 0.1) is 12.8 Å². The molecule has 10 nitrogen and oxygen atoms in total. The summed E-state index contributed by atoms with van der Waals surface area (Å²) in [5.41, 5.74) is 0.568. The molecule has 3 aromatic rings. The Hall–Kier alpha value is -4.83. The molecule has 1 saturated heterocycles. The molecule has 0 unspecified atom stereocenters. The predicted octanol–water partition coefficient (Wildman–Crippen LogP) is 3.74. The number of anilines is 2. The maximum Gasteiger partial charge on any atom is 0.335 e. The lowest BCUT2D eigenvalue weighted by Gasteiger charge is -2.26. The zero-order chi connectivity index (χ0) is 26.5. The molecular formula is C26H20ClN3O7. The molecule has 0 atom stereocenters. The Kier molecular flexibility index (Phi) is 7.40. The number of phenols is 1. The van der Waals surface area contributed by atoms with Gasteiger partial charge < -0.3 is 19.9 Å². The number of imide groups is 2. The molecule has 0 saturated carbocycles. The average molecular weight is 522 g/mol. The highest BCUT2D eigenvalue weighted by Gasteiger charge is 2.37. The minimum atomic E-state index is -0.935. The summed E-state index contributed by atoms with van der Waals surface area (Å²) in [5, 5.41) is 14.6. The molecule has 1 aliphatic heterocycles. The van der Waals surface area contributed by atoms with E-state index in [0.717, 1.165) is 4.90 Å². The van der Waals surface area contributed by atoms with Gasteiger partial charge in [-0.3, -0.25) is 19.7 Å². The summed E-state index contributed by atoms with van der Waals surface area (Å²) in [7, 11) is 1.54. The summed E-state index contributed by atoms with van der Waals surface area (Å²) < 4.78 is 10.7. The molecule has 3 N–H and O–H groups in total. The number of hydrogen-bond donors (Lipinski definition) is 3. The normalized spacial score (nSPS) is 14.4. The Morgan fingerprint density at radius 2 is 1.76 bits per heavy atom. The van der Waals surface area contributed by atoms with Crippen LogP contribution in [0.15, 0.2) is 72.3 Å². The molecule has 4 rings (SSSR count). The van der Waals surface area contributed by atoms with Crippen molar-refractivity contribution in [2.45, 2.75) is 0 Å². The Bertz CT molecular complexity index is 1400. The van der Waals surface area contributed by atoms with Gasteiger partial charge in [-0.15, -0.1) is 0 Å². The maximum absolute atomic E-state index is 13.1. The average Bonchev–Trinajstić information content (AvgIpc) is 2.87. The zero-order valence-corrected chi connectivity index (χ0v) is 20.1. The second-order valence-electron chi connectivity index (χ2n) is 7.72. The standard InChI is InChI=1S/C26H20ClN3O7/c1-36-20-9-3-17(4-10-20)28-23(32)14-37-22-11-2-16(27)12-15(22)13-21-24(33)29-26(35)30(25(21)34)18-5-7-19(31)8-6-18/h2-13,31H,14H2,1H3,(H,28,32)(H,29,33,35)/b21-13-. The molecule has 0 radical (unpaired) electrons. The number of nitrogens with zero attached hydrogens (tertiary/aromatic N) is 1. The van der Waals surface area contributed by atoms with Crippen molar-refractivity contribution in [1.29, 1.82) is 0 Å². The van der Waals surface area contributed by atoms with Gasteiger partial charge in [-0.2, -0.15) is 0 Å². The summed E-state index contributed by atoms with van der Waals surface area (Å²) in [4.78, 5) is 51.2. The molecule has 5 amide bonds. The van der Waals surface area contributed by atoms with Crippen molar-refractivity contribution in [2.75, 3.05) is 23.9 Å². The van der Waals surface area contributed by atoms with Crippen molar-refractivity contribution in [1.82, 2.24) is 5.32 Å². The number of carbonyl (C=O) groups excluding carboxylic acids is 4. The third kappa shape index (κ3) is 5.88. The molecule has 0 bridgehead atoms. The molecule has 188 valence electrons. The first-order valence-electron chi connectivity index (χ1n) is 10.8. The molecule has 1 fully saturated rings. The lowest BCUT2D eigenvalue weighted by atomic mass is 10.1. The van der Waals surface area contributed by atoms with E-state index >= 15 is 0 Å². The molecule has 0 aliphatic carbocycles. The minimum absolute atomic E-state index is 0.0581. The summed E-state index contributed by atoms with van der Waals surface area (Å²) in [6, 6.07) is 15.6. The van der Waals surface area contributed by atoms with E-state index in [0.29, 0.717) is 11.4 Å². The van der Waals surface area contributed by atoms with Gasteiger partial charge in [0.2, 0.25) is 0 Å². The van der Waals surface area contributed by atoms with Gasteiger partial charge in [-0.25, -0.2) is 9.69 Å². The molecule has 11 heteroatoms. The summed E-state index contributed by atoms with van der Waals surface area (Å²) in [6.45, 7) is -0.373. The third-order valence-corrected chi connectivity index (χ3v) is 5.45. The largest absolute Gasteiger partial charge is 0.508 e. The Balaban J connectivity index is 1.55. The van der Waals surface area contributed by atoms with E-state index in [1.54, 1.807) is 24.3 Å². The molecule has 37 heavy (non-hydrogen) atoms. The molecule has 3 aromatic carbocycles. The second-order valence-corrected chi connectivity index (χ2v) is 8.16. The number of amides is 5. The Morgan fingerprint density at radius 1 is 1.05 bits per heavy atom. The lowest BCUT2D eigenvalue weighted by molar-refractivity contribution is -0.122. The first kappa shape index (κ1) is 25.3. The van der Waals surface area contributed by atoms with Crippen LogP contribution in [0.4, 0.5) is 16.2 Å². The number of halogens is 1. The highest BCUT2D eigenvalue weighted by Crippen LogP contribution is 2.28. The van der Waals surface area contributed by atoms with Crippen LogP contribution in [0.3, 0.4) is 0 Å². The van der Waals surface area contributed by atoms with Gasteiger partial charge in [0, 0.05) is 16.3 Å². The zero-order valence-electron chi connectivity index (χ0n) is 19.4. The number of rotatable bonds is 7. The summed E-state index contributed by atoms with van der Waals surface area (Å²) >= 11 is 6.12. The molecular weight excluding hydrogens is 502 g/mol. The molecule has 0 aromatic heterocycles. The fourth-order valence-electron chi connectivity index (χ4n) is 3.43. The highest BCUT2D eigenvalue weighted by atomic mass is 35.5. The van der Waals surface area contributed by atoms with Crippen molar-refractivity contribution in [3.8, 4) is 17.2 Å². The topological polar surface area (TPSA) is 134 Å². The van der Waals surface area contributed by atoms with Crippen LogP contribution in [0.5, 0.6) is 17.2 Å². The number of barbiturate groups is 1. The monoisotopic (exact) mass is 521 g/mol. The van der Waals surface area contributed by atoms with Gasteiger partial charge in [0.15, 0.2) is 6.61 Å². The quantitative estimate of drug-likeness (QED) is 0.318. The number of benzene rings is 3. The van der Waals surface area contributed by atoms with Crippen LogP contribution in [-0.4, -0.2) is 42.6 Å².